The molecule has 1 unspecified atom stereocenters. The van der Waals surface area contributed by atoms with Crippen molar-refractivity contribution in [2.24, 2.45) is 0 Å². The predicted octanol–water partition coefficient (Wildman–Crippen LogP) is 1.20. The Morgan fingerprint density at radius 1 is 1.28 bits per heavy atom. The Kier molecular flexibility index (Phi) is 5.70. The zero-order valence-electron chi connectivity index (χ0n) is 9.90. The Morgan fingerprint density at radius 2 is 1.89 bits per heavy atom. The van der Waals surface area contributed by atoms with Crippen molar-refractivity contribution < 1.29 is 27.9 Å². The molecule has 6 nitrogen and oxygen atoms in total. The van der Waals surface area contributed by atoms with E-state index in [4.69, 9.17) is 9.99 Å². The summed E-state index contributed by atoms with van der Waals surface area (Å²) in [7, 11) is -4.44. The fourth-order valence-corrected chi connectivity index (χ4v) is 1.97. The molecule has 0 aliphatic rings. The summed E-state index contributed by atoms with van der Waals surface area (Å²) in [5.74, 6) is -0.224. The van der Waals surface area contributed by atoms with Crippen LogP contribution in [0.3, 0.4) is 0 Å². The standard InChI is InChI=1S/C11H16O6S/c1-2-16-7-10(8-17-12)9-3-5-11(6-4-9)18(13,14)15/h3-6,10,12H,2,7-8H2,1H3,(H,13,14,15)/p-1. The maximum absolute atomic E-state index is 10.8. The van der Waals surface area contributed by atoms with E-state index in [-0.39, 0.29) is 17.4 Å². The third-order valence-electron chi connectivity index (χ3n) is 2.44. The van der Waals surface area contributed by atoms with Crippen LogP contribution in [0.25, 0.3) is 0 Å². The summed E-state index contributed by atoms with van der Waals surface area (Å²) < 4.78 is 37.5. The molecule has 1 rings (SSSR count). The summed E-state index contributed by atoms with van der Waals surface area (Å²) in [6.45, 7) is 2.73. The van der Waals surface area contributed by atoms with Gasteiger partial charge in [-0.15, -0.1) is 0 Å². The minimum Gasteiger partial charge on any atom is -0.744 e. The van der Waals surface area contributed by atoms with Crippen LogP contribution >= 0.6 is 0 Å². The lowest BCUT2D eigenvalue weighted by Gasteiger charge is -2.16. The summed E-state index contributed by atoms with van der Waals surface area (Å²) in [5, 5.41) is 8.48. The van der Waals surface area contributed by atoms with Gasteiger partial charge < -0.3 is 9.29 Å². The van der Waals surface area contributed by atoms with Crippen molar-refractivity contribution in [2.75, 3.05) is 19.8 Å². The van der Waals surface area contributed by atoms with Gasteiger partial charge in [0.25, 0.3) is 0 Å². The SMILES string of the molecule is CCOCC(COO)c1ccc(S(=O)(=O)[O-])cc1. The molecule has 102 valence electrons. The monoisotopic (exact) mass is 275 g/mol. The van der Waals surface area contributed by atoms with Crippen LogP contribution in [0, 0.1) is 0 Å². The molecule has 0 saturated carbocycles. The second-order valence-corrected chi connectivity index (χ2v) is 5.05. The first-order chi connectivity index (χ1) is 8.49. The molecule has 1 aromatic carbocycles. The first-order valence-electron chi connectivity index (χ1n) is 5.39. The highest BCUT2D eigenvalue weighted by molar-refractivity contribution is 7.85. The Labute approximate surface area is 106 Å². The summed E-state index contributed by atoms with van der Waals surface area (Å²) in [5.41, 5.74) is 0.727. The van der Waals surface area contributed by atoms with Gasteiger partial charge in [0.1, 0.15) is 10.1 Å². The molecule has 1 N–H and O–H groups in total. The zero-order valence-corrected chi connectivity index (χ0v) is 10.7. The lowest BCUT2D eigenvalue weighted by molar-refractivity contribution is -0.247. The summed E-state index contributed by atoms with van der Waals surface area (Å²) in [4.78, 5) is 3.81. The normalized spacial score (nSPS) is 13.5. The molecule has 0 aromatic heterocycles. The first-order valence-corrected chi connectivity index (χ1v) is 6.79. The molecular formula is C11H15O6S-. The molecule has 0 amide bonds. The average molecular weight is 275 g/mol. The zero-order chi connectivity index (χ0) is 13.6. The minimum atomic E-state index is -4.44. The van der Waals surface area contributed by atoms with Gasteiger partial charge in [-0.05, 0) is 24.6 Å². The summed E-state index contributed by atoms with van der Waals surface area (Å²) >= 11 is 0. The third-order valence-corrected chi connectivity index (χ3v) is 3.29. The van der Waals surface area contributed by atoms with Gasteiger partial charge >= 0.3 is 0 Å². The van der Waals surface area contributed by atoms with Crippen molar-refractivity contribution >= 4 is 10.1 Å². The fraction of sp³-hybridized carbons (Fsp3) is 0.455. The van der Waals surface area contributed by atoms with E-state index in [1.54, 1.807) is 0 Å². The maximum atomic E-state index is 10.8. The van der Waals surface area contributed by atoms with E-state index in [2.05, 4.69) is 4.89 Å². The smallest absolute Gasteiger partial charge is 0.124 e. The molecule has 0 fully saturated rings. The number of hydrogen-bond acceptors (Lipinski definition) is 6. The lowest BCUT2D eigenvalue weighted by atomic mass is 10.0. The van der Waals surface area contributed by atoms with E-state index < -0.39 is 10.1 Å². The molecule has 1 aromatic rings. The Morgan fingerprint density at radius 3 is 2.33 bits per heavy atom. The molecule has 0 radical (unpaired) electrons. The van der Waals surface area contributed by atoms with Crippen LogP contribution in [0.1, 0.15) is 18.4 Å². The molecule has 0 aliphatic heterocycles. The van der Waals surface area contributed by atoms with Gasteiger partial charge in [-0.1, -0.05) is 12.1 Å². The van der Waals surface area contributed by atoms with Gasteiger partial charge in [0.15, 0.2) is 0 Å². The van der Waals surface area contributed by atoms with Crippen LogP contribution in [0.2, 0.25) is 0 Å². The molecule has 0 bridgehead atoms. The van der Waals surface area contributed by atoms with Crippen molar-refractivity contribution in [3.63, 3.8) is 0 Å². The van der Waals surface area contributed by atoms with E-state index in [1.165, 1.54) is 24.3 Å². The second kappa shape index (κ2) is 6.81. The van der Waals surface area contributed by atoms with Crippen molar-refractivity contribution in [1.82, 2.24) is 0 Å². The molecule has 7 heteroatoms. The quantitative estimate of drug-likeness (QED) is 0.456. The van der Waals surface area contributed by atoms with Crippen LogP contribution in [0.4, 0.5) is 0 Å². The second-order valence-electron chi connectivity index (χ2n) is 3.68. The summed E-state index contributed by atoms with van der Waals surface area (Å²) in [6.07, 6.45) is 0. The molecule has 18 heavy (non-hydrogen) atoms. The molecule has 1 atom stereocenters. The van der Waals surface area contributed by atoms with Gasteiger partial charge in [-0.25, -0.2) is 13.3 Å². The number of hydrogen-bond donors (Lipinski definition) is 1. The molecular weight excluding hydrogens is 260 g/mol. The minimum absolute atomic E-state index is 0.0312. The van der Waals surface area contributed by atoms with Gasteiger partial charge in [-0.2, -0.15) is 0 Å². The lowest BCUT2D eigenvalue weighted by Crippen LogP contribution is -2.14. The third kappa shape index (κ3) is 4.35. The van der Waals surface area contributed by atoms with E-state index in [1.807, 2.05) is 6.92 Å². The number of rotatable bonds is 7. The molecule has 0 aliphatic carbocycles. The van der Waals surface area contributed by atoms with Crippen LogP contribution in [0.15, 0.2) is 29.2 Å². The van der Waals surface area contributed by atoms with Gasteiger partial charge in [0.05, 0.1) is 18.1 Å². The van der Waals surface area contributed by atoms with Crippen LogP contribution < -0.4 is 0 Å². The average Bonchev–Trinajstić information content (AvgIpc) is 2.33. The van der Waals surface area contributed by atoms with Crippen molar-refractivity contribution in [2.45, 2.75) is 17.7 Å². The van der Waals surface area contributed by atoms with Crippen LogP contribution in [-0.2, 0) is 19.7 Å². The van der Waals surface area contributed by atoms with E-state index in [0.29, 0.717) is 13.2 Å². The van der Waals surface area contributed by atoms with Gasteiger partial charge in [0.2, 0.25) is 0 Å². The highest BCUT2D eigenvalue weighted by Gasteiger charge is 2.13. The molecule has 0 heterocycles. The highest BCUT2D eigenvalue weighted by atomic mass is 32.2. The maximum Gasteiger partial charge on any atom is 0.124 e. The van der Waals surface area contributed by atoms with Gasteiger partial charge in [0, 0.05) is 12.5 Å². The Bertz CT molecular complexity index is 453. The van der Waals surface area contributed by atoms with Crippen molar-refractivity contribution in [3.05, 3.63) is 29.8 Å². The highest BCUT2D eigenvalue weighted by Crippen LogP contribution is 2.19. The Balaban J connectivity index is 2.86. The van der Waals surface area contributed by atoms with E-state index >= 15 is 0 Å². The van der Waals surface area contributed by atoms with Gasteiger partial charge in [-0.3, -0.25) is 5.26 Å². The van der Waals surface area contributed by atoms with E-state index in [9.17, 15) is 13.0 Å². The largest absolute Gasteiger partial charge is 0.744 e. The van der Waals surface area contributed by atoms with E-state index in [0.717, 1.165) is 5.56 Å². The Hall–Kier alpha value is -0.990. The van der Waals surface area contributed by atoms with Crippen LogP contribution in [0.5, 0.6) is 0 Å². The van der Waals surface area contributed by atoms with Crippen LogP contribution in [-0.4, -0.2) is 38.0 Å². The topological polar surface area (TPSA) is 95.9 Å². The number of benzene rings is 1. The molecule has 0 spiro atoms. The fourth-order valence-electron chi connectivity index (χ4n) is 1.50. The first kappa shape index (κ1) is 15.1. The molecule has 0 saturated heterocycles. The number of ether oxygens (including phenoxy) is 1. The predicted molar refractivity (Wildman–Crippen MR) is 62.2 cm³/mol. The van der Waals surface area contributed by atoms with Crippen molar-refractivity contribution in [3.8, 4) is 0 Å². The van der Waals surface area contributed by atoms with Crippen molar-refractivity contribution in [1.29, 1.82) is 0 Å². The summed E-state index contributed by atoms with van der Waals surface area (Å²) in [6, 6.07) is 5.48.